The minimum atomic E-state index is -0.483. The SMILES string of the molecule is CCCNC1CCN(Cc2cc(F)ccc2F)C1=O. The van der Waals surface area contributed by atoms with Crippen molar-refractivity contribution in [1.82, 2.24) is 10.2 Å². The van der Waals surface area contributed by atoms with Gasteiger partial charge in [0.05, 0.1) is 6.04 Å². The molecule has 1 saturated heterocycles. The van der Waals surface area contributed by atoms with Crippen LogP contribution >= 0.6 is 0 Å². The van der Waals surface area contributed by atoms with Crippen LogP contribution in [0.15, 0.2) is 18.2 Å². The second kappa shape index (κ2) is 6.10. The Kier molecular flexibility index (Phi) is 4.47. The molecule has 1 aliphatic heterocycles. The minimum Gasteiger partial charge on any atom is -0.337 e. The van der Waals surface area contributed by atoms with E-state index in [-0.39, 0.29) is 24.1 Å². The quantitative estimate of drug-likeness (QED) is 0.886. The van der Waals surface area contributed by atoms with Gasteiger partial charge in [-0.25, -0.2) is 8.78 Å². The Labute approximate surface area is 111 Å². The van der Waals surface area contributed by atoms with E-state index in [0.29, 0.717) is 6.54 Å². The van der Waals surface area contributed by atoms with E-state index in [0.717, 1.165) is 37.6 Å². The molecule has 1 atom stereocenters. The van der Waals surface area contributed by atoms with Gasteiger partial charge in [-0.2, -0.15) is 0 Å². The van der Waals surface area contributed by atoms with Gasteiger partial charge in [0, 0.05) is 18.7 Å². The maximum atomic E-state index is 13.5. The second-order valence-corrected chi connectivity index (χ2v) is 4.79. The number of hydrogen-bond acceptors (Lipinski definition) is 2. The average molecular weight is 268 g/mol. The fraction of sp³-hybridized carbons (Fsp3) is 0.500. The lowest BCUT2D eigenvalue weighted by Gasteiger charge is -2.17. The molecule has 0 bridgehead atoms. The van der Waals surface area contributed by atoms with Gasteiger partial charge in [-0.1, -0.05) is 6.92 Å². The summed E-state index contributed by atoms with van der Waals surface area (Å²) in [5, 5.41) is 3.16. The smallest absolute Gasteiger partial charge is 0.240 e. The van der Waals surface area contributed by atoms with Gasteiger partial charge in [0.2, 0.25) is 5.91 Å². The van der Waals surface area contributed by atoms with Gasteiger partial charge in [0.1, 0.15) is 11.6 Å². The summed E-state index contributed by atoms with van der Waals surface area (Å²) < 4.78 is 26.6. The van der Waals surface area contributed by atoms with E-state index in [1.54, 1.807) is 4.90 Å². The molecule has 1 aromatic carbocycles. The predicted molar refractivity (Wildman–Crippen MR) is 68.5 cm³/mol. The molecule has 0 aliphatic carbocycles. The van der Waals surface area contributed by atoms with Crippen molar-refractivity contribution in [1.29, 1.82) is 0 Å². The number of nitrogens with one attached hydrogen (secondary N) is 1. The summed E-state index contributed by atoms with van der Waals surface area (Å²) in [6.45, 7) is 3.54. The zero-order chi connectivity index (χ0) is 13.8. The highest BCUT2D eigenvalue weighted by molar-refractivity contribution is 5.83. The Morgan fingerprint density at radius 2 is 2.21 bits per heavy atom. The Bertz CT molecular complexity index is 465. The number of carbonyl (C=O) groups excluding carboxylic acids is 1. The summed E-state index contributed by atoms with van der Waals surface area (Å²) in [4.78, 5) is 13.6. The van der Waals surface area contributed by atoms with Gasteiger partial charge in [-0.05, 0) is 37.6 Å². The van der Waals surface area contributed by atoms with Crippen molar-refractivity contribution in [2.75, 3.05) is 13.1 Å². The van der Waals surface area contributed by atoms with Crippen LogP contribution in [0.1, 0.15) is 25.3 Å². The third kappa shape index (κ3) is 3.29. The summed E-state index contributed by atoms with van der Waals surface area (Å²) in [7, 11) is 0. The number of likely N-dealkylation sites (tertiary alicyclic amines) is 1. The lowest BCUT2D eigenvalue weighted by molar-refractivity contribution is -0.129. The van der Waals surface area contributed by atoms with Crippen LogP contribution in [0.3, 0.4) is 0 Å². The van der Waals surface area contributed by atoms with Crippen LogP contribution < -0.4 is 5.32 Å². The minimum absolute atomic E-state index is 0.0305. The molecule has 2 rings (SSSR count). The third-order valence-corrected chi connectivity index (χ3v) is 3.31. The van der Waals surface area contributed by atoms with Gasteiger partial charge < -0.3 is 10.2 Å². The van der Waals surface area contributed by atoms with Crippen LogP contribution in [0.4, 0.5) is 8.78 Å². The molecule has 1 unspecified atom stereocenters. The first-order valence-electron chi connectivity index (χ1n) is 6.58. The van der Waals surface area contributed by atoms with Crippen molar-refractivity contribution in [3.8, 4) is 0 Å². The Balaban J connectivity index is 2.00. The van der Waals surface area contributed by atoms with Crippen molar-refractivity contribution in [3.05, 3.63) is 35.4 Å². The molecule has 0 radical (unpaired) electrons. The molecule has 0 aromatic heterocycles. The molecule has 104 valence electrons. The second-order valence-electron chi connectivity index (χ2n) is 4.79. The van der Waals surface area contributed by atoms with E-state index in [4.69, 9.17) is 0 Å². The lowest BCUT2D eigenvalue weighted by Crippen LogP contribution is -2.38. The average Bonchev–Trinajstić information content (AvgIpc) is 2.73. The Morgan fingerprint density at radius 3 is 2.95 bits per heavy atom. The normalized spacial score (nSPS) is 19.2. The van der Waals surface area contributed by atoms with Crippen LogP contribution in [-0.4, -0.2) is 29.9 Å². The maximum absolute atomic E-state index is 13.5. The summed E-state index contributed by atoms with van der Waals surface area (Å²) >= 11 is 0. The molecule has 5 heteroatoms. The summed E-state index contributed by atoms with van der Waals surface area (Å²) in [6.07, 6.45) is 1.68. The molecule has 1 heterocycles. The predicted octanol–water partition coefficient (Wildman–Crippen LogP) is 2.07. The Hall–Kier alpha value is -1.49. The third-order valence-electron chi connectivity index (χ3n) is 3.31. The van der Waals surface area contributed by atoms with Gasteiger partial charge >= 0.3 is 0 Å². The van der Waals surface area contributed by atoms with E-state index < -0.39 is 11.6 Å². The van der Waals surface area contributed by atoms with Crippen LogP contribution in [-0.2, 0) is 11.3 Å². The van der Waals surface area contributed by atoms with Crippen molar-refractivity contribution < 1.29 is 13.6 Å². The first-order valence-corrected chi connectivity index (χ1v) is 6.58. The van der Waals surface area contributed by atoms with Crippen molar-refractivity contribution in [2.45, 2.75) is 32.4 Å². The van der Waals surface area contributed by atoms with Crippen molar-refractivity contribution >= 4 is 5.91 Å². The largest absolute Gasteiger partial charge is 0.337 e. The van der Waals surface area contributed by atoms with E-state index >= 15 is 0 Å². The van der Waals surface area contributed by atoms with Gasteiger partial charge in [-0.3, -0.25) is 4.79 Å². The molecular weight excluding hydrogens is 250 g/mol. The number of benzene rings is 1. The Morgan fingerprint density at radius 1 is 1.42 bits per heavy atom. The number of nitrogens with zero attached hydrogens (tertiary/aromatic N) is 1. The topological polar surface area (TPSA) is 32.3 Å². The number of halogens is 2. The monoisotopic (exact) mass is 268 g/mol. The molecular formula is C14H18F2N2O. The number of rotatable bonds is 5. The van der Waals surface area contributed by atoms with Gasteiger partial charge in [-0.15, -0.1) is 0 Å². The number of carbonyl (C=O) groups is 1. The van der Waals surface area contributed by atoms with E-state index in [1.807, 2.05) is 6.92 Å². The molecule has 0 spiro atoms. The molecule has 1 fully saturated rings. The molecule has 1 aromatic rings. The molecule has 1 N–H and O–H groups in total. The maximum Gasteiger partial charge on any atom is 0.240 e. The van der Waals surface area contributed by atoms with Crippen LogP contribution in [0.25, 0.3) is 0 Å². The van der Waals surface area contributed by atoms with Gasteiger partial charge in [0.25, 0.3) is 0 Å². The molecule has 0 saturated carbocycles. The first-order chi connectivity index (χ1) is 9.11. The number of hydrogen-bond donors (Lipinski definition) is 1. The standard InChI is InChI=1S/C14H18F2N2O/c1-2-6-17-13-5-7-18(14(13)19)9-10-8-11(15)3-4-12(10)16/h3-4,8,13,17H,2,5-7,9H2,1H3. The zero-order valence-corrected chi connectivity index (χ0v) is 11.0. The van der Waals surface area contributed by atoms with E-state index in [9.17, 15) is 13.6 Å². The van der Waals surface area contributed by atoms with Crippen molar-refractivity contribution in [2.24, 2.45) is 0 Å². The molecule has 1 amide bonds. The molecule has 1 aliphatic rings. The van der Waals surface area contributed by atoms with E-state index in [2.05, 4.69) is 5.32 Å². The fourth-order valence-corrected chi connectivity index (χ4v) is 2.27. The zero-order valence-electron chi connectivity index (χ0n) is 11.0. The summed E-state index contributed by atoms with van der Waals surface area (Å²) in [5.74, 6) is -0.986. The molecule has 19 heavy (non-hydrogen) atoms. The highest BCUT2D eigenvalue weighted by Gasteiger charge is 2.31. The van der Waals surface area contributed by atoms with Crippen LogP contribution in [0.2, 0.25) is 0 Å². The highest BCUT2D eigenvalue weighted by atomic mass is 19.1. The summed E-state index contributed by atoms with van der Waals surface area (Å²) in [6, 6.07) is 3.14. The lowest BCUT2D eigenvalue weighted by atomic mass is 10.2. The van der Waals surface area contributed by atoms with Crippen LogP contribution in [0.5, 0.6) is 0 Å². The summed E-state index contributed by atoms with van der Waals surface area (Å²) in [5.41, 5.74) is 0.226. The highest BCUT2D eigenvalue weighted by Crippen LogP contribution is 2.18. The fourth-order valence-electron chi connectivity index (χ4n) is 2.27. The van der Waals surface area contributed by atoms with Crippen LogP contribution in [0, 0.1) is 11.6 Å². The van der Waals surface area contributed by atoms with Gasteiger partial charge in [0.15, 0.2) is 0 Å². The number of amides is 1. The van der Waals surface area contributed by atoms with E-state index in [1.165, 1.54) is 0 Å². The van der Waals surface area contributed by atoms with Crippen molar-refractivity contribution in [3.63, 3.8) is 0 Å². The first kappa shape index (κ1) is 13.9. The molecule has 3 nitrogen and oxygen atoms in total.